The number of aliphatic hydroxyl groups excluding tert-OH is 2. The molecule has 4 N–H and O–H groups in total. The van der Waals surface area contributed by atoms with E-state index >= 15 is 0 Å². The minimum Gasteiger partial charge on any atom is -0.478 e. The SMILES string of the molecule is CC(CO)(CO)Nc1ccc(C(=O)O)c(F)c1F. The normalized spacial score (nSPS) is 11.4. The second-order valence-electron chi connectivity index (χ2n) is 4.10. The van der Waals surface area contributed by atoms with Crippen molar-refractivity contribution in [3.8, 4) is 0 Å². The molecule has 1 aromatic carbocycles. The minimum atomic E-state index is -1.58. The number of carboxylic acid groups (broad SMARTS) is 1. The number of hydrogen-bond acceptors (Lipinski definition) is 4. The van der Waals surface area contributed by atoms with Gasteiger partial charge in [-0.1, -0.05) is 0 Å². The number of anilines is 1. The summed E-state index contributed by atoms with van der Waals surface area (Å²) in [5, 5.41) is 29.1. The largest absolute Gasteiger partial charge is 0.478 e. The Morgan fingerprint density at radius 3 is 2.28 bits per heavy atom. The second-order valence-corrected chi connectivity index (χ2v) is 4.10. The number of benzene rings is 1. The molecule has 0 saturated carbocycles. The predicted molar refractivity (Wildman–Crippen MR) is 59.5 cm³/mol. The highest BCUT2D eigenvalue weighted by Gasteiger charge is 2.25. The highest BCUT2D eigenvalue weighted by molar-refractivity contribution is 5.88. The molecule has 1 aromatic rings. The van der Waals surface area contributed by atoms with Gasteiger partial charge in [-0.2, -0.15) is 0 Å². The Kier molecular flexibility index (Phi) is 4.20. The van der Waals surface area contributed by atoms with Crippen molar-refractivity contribution in [2.24, 2.45) is 0 Å². The molecular formula is C11H13F2NO4. The molecular weight excluding hydrogens is 248 g/mol. The van der Waals surface area contributed by atoms with Crippen LogP contribution in [-0.4, -0.2) is 40.0 Å². The van der Waals surface area contributed by atoms with Crippen LogP contribution in [0.15, 0.2) is 12.1 Å². The summed E-state index contributed by atoms with van der Waals surface area (Å²) in [5.74, 6) is -4.45. The zero-order valence-corrected chi connectivity index (χ0v) is 9.57. The van der Waals surface area contributed by atoms with E-state index < -0.39 is 41.9 Å². The van der Waals surface area contributed by atoms with Gasteiger partial charge in [0, 0.05) is 0 Å². The highest BCUT2D eigenvalue weighted by Crippen LogP contribution is 2.23. The van der Waals surface area contributed by atoms with Crippen molar-refractivity contribution in [2.75, 3.05) is 18.5 Å². The van der Waals surface area contributed by atoms with Crippen molar-refractivity contribution in [3.63, 3.8) is 0 Å². The molecule has 0 unspecified atom stereocenters. The lowest BCUT2D eigenvalue weighted by atomic mass is 10.0. The van der Waals surface area contributed by atoms with Crippen LogP contribution in [0, 0.1) is 11.6 Å². The van der Waals surface area contributed by atoms with Gasteiger partial charge < -0.3 is 20.6 Å². The maximum atomic E-state index is 13.6. The summed E-state index contributed by atoms with van der Waals surface area (Å²) < 4.78 is 26.9. The molecule has 0 aromatic heterocycles. The topological polar surface area (TPSA) is 89.8 Å². The van der Waals surface area contributed by atoms with Crippen molar-refractivity contribution in [3.05, 3.63) is 29.3 Å². The van der Waals surface area contributed by atoms with E-state index in [2.05, 4.69) is 5.32 Å². The second kappa shape index (κ2) is 5.28. The molecule has 5 nitrogen and oxygen atoms in total. The first kappa shape index (κ1) is 14.3. The number of aromatic carboxylic acids is 1. The fraction of sp³-hybridized carbons (Fsp3) is 0.364. The summed E-state index contributed by atoms with van der Waals surface area (Å²) in [6.45, 7) is 0.381. The standard InChI is InChI=1S/C11H13F2NO4/c1-11(4-15,5-16)14-7-3-2-6(10(17)18)8(12)9(7)13/h2-3,14-16H,4-5H2,1H3,(H,17,18). The summed E-state index contributed by atoms with van der Waals surface area (Å²) in [6, 6.07) is 1.93. The third-order valence-electron chi connectivity index (χ3n) is 2.45. The van der Waals surface area contributed by atoms with Gasteiger partial charge in [0.15, 0.2) is 11.6 Å². The average molecular weight is 261 g/mol. The number of rotatable bonds is 5. The van der Waals surface area contributed by atoms with Gasteiger partial charge in [0.2, 0.25) is 0 Å². The Hall–Kier alpha value is -1.73. The zero-order chi connectivity index (χ0) is 13.9. The van der Waals surface area contributed by atoms with Crippen molar-refractivity contribution < 1.29 is 28.9 Å². The number of hydrogen-bond donors (Lipinski definition) is 4. The number of carboxylic acids is 1. The smallest absolute Gasteiger partial charge is 0.338 e. The molecule has 0 aliphatic carbocycles. The van der Waals surface area contributed by atoms with E-state index in [1.165, 1.54) is 6.92 Å². The van der Waals surface area contributed by atoms with E-state index in [4.69, 9.17) is 15.3 Å². The van der Waals surface area contributed by atoms with Crippen molar-refractivity contribution >= 4 is 11.7 Å². The van der Waals surface area contributed by atoms with Gasteiger partial charge in [0.05, 0.1) is 30.0 Å². The third kappa shape index (κ3) is 2.74. The van der Waals surface area contributed by atoms with Gasteiger partial charge in [-0.25, -0.2) is 13.6 Å². The Balaban J connectivity index is 3.13. The third-order valence-corrected chi connectivity index (χ3v) is 2.45. The number of carbonyl (C=O) groups is 1. The van der Waals surface area contributed by atoms with Gasteiger partial charge >= 0.3 is 5.97 Å². The minimum absolute atomic E-state index is 0.330. The molecule has 0 aliphatic rings. The molecule has 0 fully saturated rings. The average Bonchev–Trinajstić information content (AvgIpc) is 2.34. The van der Waals surface area contributed by atoms with E-state index in [0.29, 0.717) is 0 Å². The first-order chi connectivity index (χ1) is 8.34. The van der Waals surface area contributed by atoms with Crippen LogP contribution in [0.1, 0.15) is 17.3 Å². The Morgan fingerprint density at radius 2 is 1.83 bits per heavy atom. The van der Waals surface area contributed by atoms with Crippen LogP contribution in [0.5, 0.6) is 0 Å². The lowest BCUT2D eigenvalue weighted by Gasteiger charge is -2.27. The van der Waals surface area contributed by atoms with E-state index in [0.717, 1.165) is 12.1 Å². The van der Waals surface area contributed by atoms with Crippen LogP contribution in [-0.2, 0) is 0 Å². The van der Waals surface area contributed by atoms with Crippen molar-refractivity contribution in [1.82, 2.24) is 0 Å². The van der Waals surface area contributed by atoms with Crippen LogP contribution in [0.3, 0.4) is 0 Å². The fourth-order valence-electron chi connectivity index (χ4n) is 1.27. The van der Waals surface area contributed by atoms with E-state index in [1.807, 2.05) is 0 Å². The maximum Gasteiger partial charge on any atom is 0.338 e. The summed E-state index contributed by atoms with van der Waals surface area (Å²) in [6.07, 6.45) is 0. The molecule has 0 bridgehead atoms. The van der Waals surface area contributed by atoms with Gasteiger partial charge in [-0.05, 0) is 19.1 Å². The first-order valence-electron chi connectivity index (χ1n) is 5.06. The molecule has 0 spiro atoms. The molecule has 18 heavy (non-hydrogen) atoms. The molecule has 100 valence electrons. The van der Waals surface area contributed by atoms with Crippen LogP contribution in [0.2, 0.25) is 0 Å². The number of aliphatic hydroxyl groups is 2. The first-order valence-corrected chi connectivity index (χ1v) is 5.06. The van der Waals surface area contributed by atoms with Crippen molar-refractivity contribution in [1.29, 1.82) is 0 Å². The lowest BCUT2D eigenvalue weighted by Crippen LogP contribution is -2.42. The molecule has 7 heteroatoms. The van der Waals surface area contributed by atoms with E-state index in [-0.39, 0.29) is 5.69 Å². The number of halogens is 2. The fourth-order valence-corrected chi connectivity index (χ4v) is 1.27. The highest BCUT2D eigenvalue weighted by atomic mass is 19.2. The number of nitrogens with one attached hydrogen (secondary N) is 1. The lowest BCUT2D eigenvalue weighted by molar-refractivity contribution is 0.0690. The quantitative estimate of drug-likeness (QED) is 0.630. The van der Waals surface area contributed by atoms with Gasteiger partial charge in [-0.15, -0.1) is 0 Å². The Morgan fingerprint density at radius 1 is 1.28 bits per heavy atom. The molecule has 0 atom stereocenters. The molecule has 0 heterocycles. The summed E-state index contributed by atoms with van der Waals surface area (Å²) in [7, 11) is 0. The van der Waals surface area contributed by atoms with Gasteiger partial charge in [0.1, 0.15) is 0 Å². The molecule has 1 rings (SSSR count). The Labute approximate surface area is 102 Å². The van der Waals surface area contributed by atoms with Gasteiger partial charge in [-0.3, -0.25) is 0 Å². The summed E-state index contributed by atoms with van der Waals surface area (Å²) >= 11 is 0. The van der Waals surface area contributed by atoms with Crippen LogP contribution < -0.4 is 5.32 Å². The zero-order valence-electron chi connectivity index (χ0n) is 9.57. The molecule has 0 radical (unpaired) electrons. The summed E-state index contributed by atoms with van der Waals surface area (Å²) in [5.41, 5.74) is -2.35. The monoisotopic (exact) mass is 261 g/mol. The van der Waals surface area contributed by atoms with E-state index in [1.54, 1.807) is 0 Å². The van der Waals surface area contributed by atoms with Gasteiger partial charge in [0.25, 0.3) is 0 Å². The molecule has 0 amide bonds. The summed E-state index contributed by atoms with van der Waals surface area (Å²) in [4.78, 5) is 10.6. The maximum absolute atomic E-state index is 13.6. The van der Waals surface area contributed by atoms with Crippen LogP contribution in [0.25, 0.3) is 0 Å². The van der Waals surface area contributed by atoms with E-state index in [9.17, 15) is 13.6 Å². The molecule has 0 saturated heterocycles. The van der Waals surface area contributed by atoms with Crippen LogP contribution in [0.4, 0.5) is 14.5 Å². The van der Waals surface area contributed by atoms with Crippen LogP contribution >= 0.6 is 0 Å². The predicted octanol–water partition coefficient (Wildman–Crippen LogP) is 0.818. The molecule has 0 aliphatic heterocycles. The van der Waals surface area contributed by atoms with Crippen molar-refractivity contribution in [2.45, 2.75) is 12.5 Å². The Bertz CT molecular complexity index is 461.